The summed E-state index contributed by atoms with van der Waals surface area (Å²) in [5, 5.41) is 17.9. The molecule has 0 radical (unpaired) electrons. The minimum Gasteiger partial charge on any atom is -0.445 e. The van der Waals surface area contributed by atoms with Gasteiger partial charge in [0.1, 0.15) is 12.3 Å². The summed E-state index contributed by atoms with van der Waals surface area (Å²) in [6, 6.07) is 15.8. The van der Waals surface area contributed by atoms with Crippen LogP contribution in [0.4, 0.5) is 10.5 Å². The van der Waals surface area contributed by atoms with Crippen molar-refractivity contribution in [2.24, 2.45) is 0 Å². The number of alkyl carbamates (subject to hydrolysis) is 1. The highest BCUT2D eigenvalue weighted by atomic mass is 16.6. The van der Waals surface area contributed by atoms with Gasteiger partial charge in [0, 0.05) is 24.4 Å². The zero-order valence-corrected chi connectivity index (χ0v) is 14.9. The van der Waals surface area contributed by atoms with Gasteiger partial charge in [0.15, 0.2) is 0 Å². The number of para-hydroxylation sites is 2. The van der Waals surface area contributed by atoms with Gasteiger partial charge in [-0.05, 0) is 11.6 Å². The topological polar surface area (TPSA) is 99.3 Å². The highest BCUT2D eigenvalue weighted by Gasteiger charge is 2.14. The first-order valence-corrected chi connectivity index (χ1v) is 8.53. The number of ether oxygens (including phenoxy) is 1. The first-order valence-electron chi connectivity index (χ1n) is 8.53. The summed E-state index contributed by atoms with van der Waals surface area (Å²) in [5.41, 5.74) is 2.02. The van der Waals surface area contributed by atoms with Crippen molar-refractivity contribution in [3.63, 3.8) is 0 Å². The number of nitro benzene ring substituents is 1. The van der Waals surface area contributed by atoms with E-state index in [4.69, 9.17) is 4.74 Å². The predicted molar refractivity (Wildman–Crippen MR) is 104 cm³/mol. The molecule has 3 rings (SSSR count). The number of amides is 1. The molecule has 0 saturated carbocycles. The molecule has 0 unspecified atom stereocenters. The molecule has 28 heavy (non-hydrogen) atoms. The normalized spacial score (nSPS) is 10.7. The molecule has 0 bridgehead atoms. The fourth-order valence-corrected chi connectivity index (χ4v) is 2.48. The lowest BCUT2D eigenvalue weighted by molar-refractivity contribution is -0.384. The second kappa shape index (κ2) is 9.13. The van der Waals surface area contributed by atoms with Crippen molar-refractivity contribution in [3.05, 3.63) is 94.3 Å². The maximum absolute atomic E-state index is 11.7. The van der Waals surface area contributed by atoms with E-state index in [1.165, 1.54) is 10.7 Å². The van der Waals surface area contributed by atoms with Crippen LogP contribution < -0.4 is 5.32 Å². The molecule has 8 nitrogen and oxygen atoms in total. The lowest BCUT2D eigenvalue weighted by Crippen LogP contribution is -2.24. The molecule has 0 aliphatic carbocycles. The standard InChI is InChI=1S/C20H18N4O4/c25-20(28-15-16-7-2-1-3-8-16)21-12-6-9-17-13-22-23(14-17)18-10-4-5-11-19(18)24(26)27/h1-11,13-14H,12,15H2,(H,21,25). The Morgan fingerprint density at radius 3 is 2.71 bits per heavy atom. The number of aromatic nitrogens is 2. The zero-order chi connectivity index (χ0) is 19.8. The Morgan fingerprint density at radius 2 is 1.93 bits per heavy atom. The Balaban J connectivity index is 1.51. The van der Waals surface area contributed by atoms with E-state index in [1.54, 1.807) is 42.7 Å². The van der Waals surface area contributed by atoms with Crippen LogP contribution in [-0.4, -0.2) is 27.3 Å². The number of nitrogens with one attached hydrogen (secondary N) is 1. The van der Waals surface area contributed by atoms with E-state index >= 15 is 0 Å². The minimum absolute atomic E-state index is 0.0241. The lowest BCUT2D eigenvalue weighted by atomic mass is 10.2. The highest BCUT2D eigenvalue weighted by Crippen LogP contribution is 2.21. The van der Waals surface area contributed by atoms with Crippen molar-refractivity contribution in [2.45, 2.75) is 6.61 Å². The van der Waals surface area contributed by atoms with Gasteiger partial charge in [-0.25, -0.2) is 9.48 Å². The number of hydrogen-bond donors (Lipinski definition) is 1. The molecular formula is C20H18N4O4. The SMILES string of the molecule is O=C(NCC=Cc1cnn(-c2ccccc2[N+](=O)[O-])c1)OCc1ccccc1. The summed E-state index contributed by atoms with van der Waals surface area (Å²) >= 11 is 0. The zero-order valence-electron chi connectivity index (χ0n) is 14.9. The summed E-state index contributed by atoms with van der Waals surface area (Å²) in [6.07, 6.45) is 6.25. The minimum atomic E-state index is -0.510. The number of rotatable bonds is 7. The van der Waals surface area contributed by atoms with Gasteiger partial charge in [-0.2, -0.15) is 5.10 Å². The van der Waals surface area contributed by atoms with E-state index in [9.17, 15) is 14.9 Å². The van der Waals surface area contributed by atoms with Crippen LogP contribution in [0.3, 0.4) is 0 Å². The number of benzene rings is 2. The molecule has 1 N–H and O–H groups in total. The largest absolute Gasteiger partial charge is 0.445 e. The van der Waals surface area contributed by atoms with Crippen LogP contribution in [0.15, 0.2) is 73.1 Å². The fraction of sp³-hybridized carbons (Fsp3) is 0.100. The molecule has 0 fully saturated rings. The molecule has 0 aliphatic rings. The third-order valence-electron chi connectivity index (χ3n) is 3.82. The highest BCUT2D eigenvalue weighted by molar-refractivity contribution is 5.67. The summed E-state index contributed by atoms with van der Waals surface area (Å²) in [6.45, 7) is 0.489. The summed E-state index contributed by atoms with van der Waals surface area (Å²) in [5.74, 6) is 0. The maximum atomic E-state index is 11.7. The van der Waals surface area contributed by atoms with E-state index < -0.39 is 11.0 Å². The number of nitrogens with zero attached hydrogens (tertiary/aromatic N) is 3. The third-order valence-corrected chi connectivity index (χ3v) is 3.82. The van der Waals surface area contributed by atoms with Crippen molar-refractivity contribution in [3.8, 4) is 5.69 Å². The molecule has 0 spiro atoms. The van der Waals surface area contributed by atoms with E-state index in [1.807, 2.05) is 30.3 Å². The number of hydrogen-bond acceptors (Lipinski definition) is 5. The number of nitro groups is 1. The Morgan fingerprint density at radius 1 is 1.18 bits per heavy atom. The molecule has 1 aromatic heterocycles. The summed E-state index contributed by atoms with van der Waals surface area (Å²) < 4.78 is 6.56. The maximum Gasteiger partial charge on any atom is 0.407 e. The first-order chi connectivity index (χ1) is 13.6. The Labute approximate surface area is 161 Å². The molecule has 1 amide bonds. The van der Waals surface area contributed by atoms with Crippen molar-refractivity contribution >= 4 is 17.9 Å². The van der Waals surface area contributed by atoms with E-state index in [0.717, 1.165) is 11.1 Å². The van der Waals surface area contributed by atoms with Crippen LogP contribution in [0.5, 0.6) is 0 Å². The lowest BCUT2D eigenvalue weighted by Gasteiger charge is -2.05. The van der Waals surface area contributed by atoms with Crippen LogP contribution in [0.1, 0.15) is 11.1 Å². The second-order valence-corrected chi connectivity index (χ2v) is 5.81. The van der Waals surface area contributed by atoms with Crippen molar-refractivity contribution in [1.82, 2.24) is 15.1 Å². The van der Waals surface area contributed by atoms with Gasteiger partial charge in [-0.3, -0.25) is 10.1 Å². The van der Waals surface area contributed by atoms with E-state index in [2.05, 4.69) is 10.4 Å². The van der Waals surface area contributed by atoms with Gasteiger partial charge in [0.2, 0.25) is 0 Å². The summed E-state index contributed by atoms with van der Waals surface area (Å²) in [4.78, 5) is 22.3. The van der Waals surface area contributed by atoms with Gasteiger partial charge in [-0.15, -0.1) is 0 Å². The number of carbonyl (C=O) groups excluding carboxylic acids is 1. The quantitative estimate of drug-likeness (QED) is 0.499. The Bertz CT molecular complexity index is 983. The van der Waals surface area contributed by atoms with Crippen LogP contribution in [0.25, 0.3) is 11.8 Å². The van der Waals surface area contributed by atoms with Crippen LogP contribution in [0.2, 0.25) is 0 Å². The van der Waals surface area contributed by atoms with E-state index in [0.29, 0.717) is 5.69 Å². The Hall–Kier alpha value is -3.94. The molecule has 3 aromatic rings. The second-order valence-electron chi connectivity index (χ2n) is 5.81. The van der Waals surface area contributed by atoms with Crippen molar-refractivity contribution in [2.75, 3.05) is 6.54 Å². The molecular weight excluding hydrogens is 360 g/mol. The fourth-order valence-electron chi connectivity index (χ4n) is 2.48. The smallest absolute Gasteiger partial charge is 0.407 e. The van der Waals surface area contributed by atoms with Crippen molar-refractivity contribution < 1.29 is 14.5 Å². The average molecular weight is 378 g/mol. The number of carbonyl (C=O) groups is 1. The molecule has 142 valence electrons. The van der Waals surface area contributed by atoms with Crippen molar-refractivity contribution in [1.29, 1.82) is 0 Å². The predicted octanol–water partition coefficient (Wildman–Crippen LogP) is 3.72. The molecule has 0 saturated heterocycles. The van der Waals surface area contributed by atoms with Crippen LogP contribution >= 0.6 is 0 Å². The average Bonchev–Trinajstić information content (AvgIpc) is 3.19. The molecule has 8 heteroatoms. The van der Waals surface area contributed by atoms with Gasteiger partial charge in [-0.1, -0.05) is 54.6 Å². The van der Waals surface area contributed by atoms with Gasteiger partial charge < -0.3 is 10.1 Å². The van der Waals surface area contributed by atoms with E-state index in [-0.39, 0.29) is 18.8 Å². The monoisotopic (exact) mass is 378 g/mol. The molecule has 0 aliphatic heterocycles. The Kier molecular flexibility index (Phi) is 6.14. The first kappa shape index (κ1) is 18.8. The summed E-state index contributed by atoms with van der Waals surface area (Å²) in [7, 11) is 0. The molecule has 0 atom stereocenters. The molecule has 2 aromatic carbocycles. The third kappa shape index (κ3) is 5.04. The van der Waals surface area contributed by atoms with Gasteiger partial charge in [0.25, 0.3) is 5.69 Å². The van der Waals surface area contributed by atoms with Crippen LogP contribution in [0, 0.1) is 10.1 Å². The van der Waals surface area contributed by atoms with Gasteiger partial charge >= 0.3 is 6.09 Å². The van der Waals surface area contributed by atoms with Crippen LogP contribution in [-0.2, 0) is 11.3 Å². The van der Waals surface area contributed by atoms with Gasteiger partial charge in [0.05, 0.1) is 11.1 Å². The molecule has 1 heterocycles.